The molecule has 1 aliphatic rings. The van der Waals surface area contributed by atoms with Crippen LogP contribution in [0.15, 0.2) is 54.9 Å². The van der Waals surface area contributed by atoms with Gasteiger partial charge < -0.3 is 23.7 Å². The van der Waals surface area contributed by atoms with Crippen molar-refractivity contribution in [3.63, 3.8) is 0 Å². The minimum absolute atomic E-state index is 0.0675. The normalized spacial score (nSPS) is 15.9. The smallest absolute Gasteiger partial charge is 0.387 e. The maximum absolute atomic E-state index is 12.4. The number of hydrogen-bond donors (Lipinski definition) is 0. The van der Waals surface area contributed by atoms with Crippen LogP contribution in [0.5, 0.6) is 23.0 Å². The third kappa shape index (κ3) is 4.54. The zero-order valence-corrected chi connectivity index (χ0v) is 19.4. The lowest BCUT2D eigenvalue weighted by Crippen LogP contribution is -2.22. The molecule has 1 aliphatic heterocycles. The molecule has 2 aromatic heterocycles. The molecule has 4 aromatic rings. The Labute approximate surface area is 203 Å². The van der Waals surface area contributed by atoms with E-state index >= 15 is 0 Å². The molecule has 5 rings (SSSR count). The number of ether oxygens (including phenoxy) is 5. The molecule has 35 heavy (non-hydrogen) atoms. The van der Waals surface area contributed by atoms with Crippen LogP contribution in [0.25, 0.3) is 5.65 Å². The number of halogens is 3. The lowest BCUT2D eigenvalue weighted by molar-refractivity contribution is -0.0498. The van der Waals surface area contributed by atoms with Crippen LogP contribution in [0.4, 0.5) is 8.78 Å². The molecule has 2 aromatic carbocycles. The predicted molar refractivity (Wildman–Crippen MR) is 122 cm³/mol. The van der Waals surface area contributed by atoms with Crippen molar-refractivity contribution in [1.82, 2.24) is 14.6 Å². The zero-order valence-electron chi connectivity index (χ0n) is 18.7. The number of nitrogens with zero attached hydrogens (tertiary/aromatic N) is 3. The molecule has 0 saturated heterocycles. The van der Waals surface area contributed by atoms with Crippen molar-refractivity contribution < 1.29 is 32.5 Å². The minimum atomic E-state index is -2.88. The molecule has 11 heteroatoms. The van der Waals surface area contributed by atoms with Gasteiger partial charge in [-0.1, -0.05) is 23.7 Å². The number of fused-ring (bicyclic) bond motifs is 2. The van der Waals surface area contributed by atoms with E-state index in [9.17, 15) is 8.78 Å². The molecule has 0 fully saturated rings. The molecule has 0 saturated carbocycles. The molecule has 182 valence electrons. The van der Waals surface area contributed by atoms with Crippen LogP contribution in [0, 0.1) is 0 Å². The first-order valence-corrected chi connectivity index (χ1v) is 10.9. The summed E-state index contributed by atoms with van der Waals surface area (Å²) in [6, 6.07) is 11.6. The van der Waals surface area contributed by atoms with Gasteiger partial charge in [0.05, 0.1) is 30.2 Å². The topological polar surface area (TPSA) is 76.3 Å². The quantitative estimate of drug-likeness (QED) is 0.341. The Morgan fingerprint density at radius 2 is 1.91 bits per heavy atom. The predicted octanol–water partition coefficient (Wildman–Crippen LogP) is 5.24. The Balaban J connectivity index is 1.44. The third-order valence-electron chi connectivity index (χ3n) is 5.55. The van der Waals surface area contributed by atoms with E-state index in [1.54, 1.807) is 42.1 Å². The van der Waals surface area contributed by atoms with E-state index in [2.05, 4.69) is 14.8 Å². The summed E-state index contributed by atoms with van der Waals surface area (Å²) in [5.74, 6) is 1.43. The molecular formula is C24H20ClF2N3O5. The second-order valence-electron chi connectivity index (χ2n) is 7.66. The second-order valence-corrected chi connectivity index (χ2v) is 8.09. The zero-order chi connectivity index (χ0) is 24.5. The van der Waals surface area contributed by atoms with Gasteiger partial charge in [0.15, 0.2) is 23.3 Å². The van der Waals surface area contributed by atoms with Gasteiger partial charge in [-0.15, -0.1) is 0 Å². The number of alkyl halides is 2. The van der Waals surface area contributed by atoms with Gasteiger partial charge in [-0.25, -0.2) is 9.50 Å². The molecule has 0 aliphatic carbocycles. The monoisotopic (exact) mass is 503 g/mol. The molecule has 0 bridgehead atoms. The van der Waals surface area contributed by atoms with Gasteiger partial charge in [0.1, 0.15) is 18.5 Å². The highest BCUT2D eigenvalue weighted by Crippen LogP contribution is 2.46. The first-order valence-electron chi connectivity index (χ1n) is 10.5. The minimum Gasteiger partial charge on any atom is -0.493 e. The lowest BCUT2D eigenvalue weighted by Gasteiger charge is -2.29. The van der Waals surface area contributed by atoms with Crippen molar-refractivity contribution in [3.8, 4) is 23.0 Å². The van der Waals surface area contributed by atoms with Crippen molar-refractivity contribution in [2.45, 2.75) is 18.8 Å². The molecule has 2 unspecified atom stereocenters. The van der Waals surface area contributed by atoms with Crippen LogP contribution in [0.1, 0.15) is 29.0 Å². The van der Waals surface area contributed by atoms with E-state index in [4.69, 9.17) is 30.5 Å². The highest BCUT2D eigenvalue weighted by atomic mass is 35.5. The molecule has 8 nitrogen and oxygen atoms in total. The van der Waals surface area contributed by atoms with Crippen molar-refractivity contribution in [3.05, 3.63) is 76.7 Å². The Kier molecular flexibility index (Phi) is 6.31. The molecule has 0 radical (unpaired) electrons. The van der Waals surface area contributed by atoms with E-state index < -0.39 is 18.8 Å². The fourth-order valence-corrected chi connectivity index (χ4v) is 4.11. The van der Waals surface area contributed by atoms with E-state index in [0.29, 0.717) is 33.6 Å². The molecule has 0 amide bonds. The Hall–Kier alpha value is -3.63. The molecular weight excluding hydrogens is 484 g/mol. The van der Waals surface area contributed by atoms with Crippen molar-refractivity contribution in [1.29, 1.82) is 0 Å². The number of aromatic nitrogens is 3. The first-order chi connectivity index (χ1) is 17.0. The summed E-state index contributed by atoms with van der Waals surface area (Å²) in [7, 11) is 3.11. The van der Waals surface area contributed by atoms with Crippen LogP contribution in [-0.4, -0.2) is 42.0 Å². The summed E-state index contributed by atoms with van der Waals surface area (Å²) in [5.41, 5.74) is 2.78. The molecule has 0 N–H and O–H groups in total. The summed E-state index contributed by atoms with van der Waals surface area (Å²) >= 11 is 6.03. The molecule has 0 spiro atoms. The largest absolute Gasteiger partial charge is 0.493 e. The van der Waals surface area contributed by atoms with Gasteiger partial charge in [-0.2, -0.15) is 13.9 Å². The van der Waals surface area contributed by atoms with Crippen LogP contribution < -0.4 is 18.9 Å². The number of imidazole rings is 1. The van der Waals surface area contributed by atoms with E-state index in [1.807, 2.05) is 6.07 Å². The van der Waals surface area contributed by atoms with Gasteiger partial charge in [0.2, 0.25) is 5.75 Å². The van der Waals surface area contributed by atoms with Crippen LogP contribution in [0.3, 0.4) is 0 Å². The highest BCUT2D eigenvalue weighted by molar-refractivity contribution is 6.30. The van der Waals surface area contributed by atoms with Crippen molar-refractivity contribution in [2.75, 3.05) is 20.8 Å². The SMILES string of the molecule is COc1cc(C(OC)c2cnc3cc(Cl)cnn23)cc2c1OC(c1ccc(OC(F)F)cc1)CO2. The average Bonchev–Trinajstić information content (AvgIpc) is 3.26. The van der Waals surface area contributed by atoms with Gasteiger partial charge in [0.25, 0.3) is 0 Å². The standard InChI is InChI=1S/C24H20ClF2N3O5/c1-31-18-7-14(22(32-2)17-11-28-21-9-15(25)10-29-30(17)21)8-19-23(18)35-20(12-33-19)13-3-5-16(6-4-13)34-24(26)27/h3-11,20,22,24H,12H2,1-2H3. The number of hydrogen-bond acceptors (Lipinski definition) is 7. The Morgan fingerprint density at radius 3 is 2.63 bits per heavy atom. The average molecular weight is 504 g/mol. The Morgan fingerprint density at radius 1 is 1.11 bits per heavy atom. The number of methoxy groups -OCH3 is 2. The van der Waals surface area contributed by atoms with Gasteiger partial charge in [-0.05, 0) is 35.4 Å². The van der Waals surface area contributed by atoms with Crippen LogP contribution in [-0.2, 0) is 4.74 Å². The van der Waals surface area contributed by atoms with Gasteiger partial charge >= 0.3 is 6.61 Å². The highest BCUT2D eigenvalue weighted by Gasteiger charge is 2.29. The first kappa shape index (κ1) is 23.1. The van der Waals surface area contributed by atoms with E-state index in [1.165, 1.54) is 25.4 Å². The Bertz CT molecular complexity index is 1330. The lowest BCUT2D eigenvalue weighted by atomic mass is 10.0. The molecule has 2 atom stereocenters. The fourth-order valence-electron chi connectivity index (χ4n) is 3.97. The summed E-state index contributed by atoms with van der Waals surface area (Å²) in [4.78, 5) is 4.37. The third-order valence-corrected chi connectivity index (χ3v) is 5.76. The number of rotatable bonds is 7. The van der Waals surface area contributed by atoms with Crippen molar-refractivity contribution >= 4 is 17.2 Å². The maximum atomic E-state index is 12.4. The van der Waals surface area contributed by atoms with Crippen LogP contribution in [0.2, 0.25) is 5.02 Å². The van der Waals surface area contributed by atoms with E-state index in [-0.39, 0.29) is 12.4 Å². The summed E-state index contributed by atoms with van der Waals surface area (Å²) in [6.07, 6.45) is 2.21. The van der Waals surface area contributed by atoms with E-state index in [0.717, 1.165) is 11.1 Å². The summed E-state index contributed by atoms with van der Waals surface area (Å²) < 4.78 is 54.5. The molecule has 3 heterocycles. The van der Waals surface area contributed by atoms with Gasteiger partial charge in [-0.3, -0.25) is 0 Å². The summed E-state index contributed by atoms with van der Waals surface area (Å²) in [6.45, 7) is -2.67. The van der Waals surface area contributed by atoms with Crippen LogP contribution >= 0.6 is 11.6 Å². The summed E-state index contributed by atoms with van der Waals surface area (Å²) in [5, 5.41) is 4.82. The van der Waals surface area contributed by atoms with Crippen molar-refractivity contribution in [2.24, 2.45) is 0 Å². The number of benzene rings is 2. The van der Waals surface area contributed by atoms with Gasteiger partial charge in [0, 0.05) is 13.2 Å². The fraction of sp³-hybridized carbons (Fsp3) is 0.250. The second kappa shape index (κ2) is 9.55. The maximum Gasteiger partial charge on any atom is 0.387 e.